The van der Waals surface area contributed by atoms with Gasteiger partial charge in [-0.2, -0.15) is 0 Å². The number of carbonyl (C=O) groups excluding carboxylic acids is 1. The van der Waals surface area contributed by atoms with E-state index in [0.29, 0.717) is 6.42 Å². The fourth-order valence-corrected chi connectivity index (χ4v) is 1.15. The summed E-state index contributed by atoms with van der Waals surface area (Å²) >= 11 is 0. The summed E-state index contributed by atoms with van der Waals surface area (Å²) in [7, 11) is 0. The molecule has 13 heavy (non-hydrogen) atoms. The number of hydrogen-bond donors (Lipinski definition) is 3. The van der Waals surface area contributed by atoms with Gasteiger partial charge in [-0.15, -0.1) is 12.4 Å². The zero-order chi connectivity index (χ0) is 8.97. The molecule has 0 radical (unpaired) electrons. The van der Waals surface area contributed by atoms with Crippen LogP contribution in [0.2, 0.25) is 0 Å². The molecule has 0 saturated carbocycles. The third kappa shape index (κ3) is 3.76. The van der Waals surface area contributed by atoms with E-state index in [1.165, 1.54) is 0 Å². The summed E-state index contributed by atoms with van der Waals surface area (Å²) in [6, 6.07) is -0.458. The molecule has 0 aromatic rings. The van der Waals surface area contributed by atoms with Crippen LogP contribution in [0.4, 0.5) is 0 Å². The fourth-order valence-electron chi connectivity index (χ4n) is 1.15. The van der Waals surface area contributed by atoms with Gasteiger partial charge in [0.2, 0.25) is 5.91 Å². The molecular formula is C8H15ClN2O2. The minimum atomic E-state index is -0.504. The Kier molecular flexibility index (Phi) is 5.70. The molecule has 0 saturated heterocycles. The van der Waals surface area contributed by atoms with Gasteiger partial charge >= 0.3 is 0 Å². The molecule has 1 aliphatic rings. The summed E-state index contributed by atoms with van der Waals surface area (Å²) in [5.74, 6) is -0.138. The predicted molar refractivity (Wildman–Crippen MR) is 52.6 cm³/mol. The zero-order valence-corrected chi connectivity index (χ0v) is 8.09. The lowest BCUT2D eigenvalue weighted by Crippen LogP contribution is -2.47. The Morgan fingerprint density at radius 1 is 1.54 bits per heavy atom. The molecule has 4 N–H and O–H groups in total. The van der Waals surface area contributed by atoms with E-state index in [2.05, 4.69) is 5.32 Å². The smallest absolute Gasteiger partial charge is 0.241 e. The lowest BCUT2D eigenvalue weighted by atomic mass is 10.1. The number of aliphatic hydroxyl groups is 1. The average molecular weight is 207 g/mol. The number of carbonyl (C=O) groups is 1. The van der Waals surface area contributed by atoms with Gasteiger partial charge in [0.1, 0.15) is 6.04 Å². The van der Waals surface area contributed by atoms with Crippen molar-refractivity contribution in [2.75, 3.05) is 6.61 Å². The molecule has 1 amide bonds. The van der Waals surface area contributed by atoms with Crippen molar-refractivity contribution in [3.63, 3.8) is 0 Å². The van der Waals surface area contributed by atoms with Crippen molar-refractivity contribution in [3.05, 3.63) is 12.2 Å². The van der Waals surface area contributed by atoms with E-state index in [1.807, 2.05) is 6.08 Å². The van der Waals surface area contributed by atoms with Crippen molar-refractivity contribution in [2.24, 2.45) is 5.73 Å². The fraction of sp³-hybridized carbons (Fsp3) is 0.625. The summed E-state index contributed by atoms with van der Waals surface area (Å²) in [6.07, 6.45) is 5.04. The molecule has 1 aliphatic heterocycles. The van der Waals surface area contributed by atoms with E-state index < -0.39 is 6.04 Å². The van der Waals surface area contributed by atoms with Crippen molar-refractivity contribution in [1.82, 2.24) is 5.32 Å². The molecule has 0 unspecified atom stereocenters. The Labute approximate surface area is 83.6 Å². The van der Waals surface area contributed by atoms with Gasteiger partial charge < -0.3 is 16.2 Å². The highest BCUT2D eigenvalue weighted by Gasteiger charge is 2.18. The Balaban J connectivity index is 0.00000144. The highest BCUT2D eigenvalue weighted by Crippen LogP contribution is 2.04. The lowest BCUT2D eigenvalue weighted by molar-refractivity contribution is -0.122. The molecule has 5 heteroatoms. The van der Waals surface area contributed by atoms with Crippen LogP contribution in [0, 0.1) is 0 Å². The van der Waals surface area contributed by atoms with Crippen LogP contribution in [-0.2, 0) is 4.79 Å². The molecule has 0 spiro atoms. The average Bonchev–Trinajstić information content (AvgIpc) is 2.07. The van der Waals surface area contributed by atoms with Gasteiger partial charge in [-0.25, -0.2) is 0 Å². The van der Waals surface area contributed by atoms with E-state index in [9.17, 15) is 4.79 Å². The van der Waals surface area contributed by atoms with Crippen LogP contribution in [0.15, 0.2) is 12.2 Å². The molecular weight excluding hydrogens is 192 g/mol. The van der Waals surface area contributed by atoms with Crippen molar-refractivity contribution in [2.45, 2.75) is 24.9 Å². The Morgan fingerprint density at radius 3 is 2.77 bits per heavy atom. The van der Waals surface area contributed by atoms with Crippen LogP contribution in [0.5, 0.6) is 0 Å². The van der Waals surface area contributed by atoms with E-state index in [4.69, 9.17) is 10.8 Å². The SMILES string of the molecule is Cl.N[C@@H]1C=C[C@H](CCCO)NC1=O. The molecule has 0 aliphatic carbocycles. The normalized spacial score (nSPS) is 26.5. The van der Waals surface area contributed by atoms with Crippen LogP contribution < -0.4 is 11.1 Å². The quantitative estimate of drug-likeness (QED) is 0.549. The molecule has 0 bridgehead atoms. The van der Waals surface area contributed by atoms with Crippen molar-refractivity contribution in [1.29, 1.82) is 0 Å². The standard InChI is InChI=1S/C8H14N2O2.ClH/c9-7-4-3-6(2-1-5-11)10-8(7)12;/h3-4,6-7,11H,1-2,5,9H2,(H,10,12);1H/t6-,7+;/m0./s1. The van der Waals surface area contributed by atoms with Crippen molar-refractivity contribution < 1.29 is 9.90 Å². The second-order valence-electron chi connectivity index (χ2n) is 2.89. The first-order valence-corrected chi connectivity index (χ1v) is 4.09. The zero-order valence-electron chi connectivity index (χ0n) is 7.27. The first kappa shape index (κ1) is 12.4. The molecule has 4 nitrogen and oxygen atoms in total. The molecule has 0 aromatic carbocycles. The van der Waals surface area contributed by atoms with Gasteiger partial charge in [0.25, 0.3) is 0 Å². The Hall–Kier alpha value is -0.580. The maximum absolute atomic E-state index is 11.0. The van der Waals surface area contributed by atoms with Crippen LogP contribution in [-0.4, -0.2) is 29.7 Å². The van der Waals surface area contributed by atoms with Gasteiger partial charge in [0, 0.05) is 12.6 Å². The number of rotatable bonds is 3. The number of amides is 1. The summed E-state index contributed by atoms with van der Waals surface area (Å²) in [5.41, 5.74) is 5.42. The van der Waals surface area contributed by atoms with E-state index in [1.54, 1.807) is 6.08 Å². The van der Waals surface area contributed by atoms with Gasteiger partial charge in [0.15, 0.2) is 0 Å². The summed E-state index contributed by atoms with van der Waals surface area (Å²) in [5, 5.41) is 11.3. The van der Waals surface area contributed by atoms with E-state index in [-0.39, 0.29) is 31.0 Å². The first-order chi connectivity index (χ1) is 5.74. The van der Waals surface area contributed by atoms with E-state index >= 15 is 0 Å². The predicted octanol–water partition coefficient (Wildman–Crippen LogP) is -0.437. The number of hydrogen-bond acceptors (Lipinski definition) is 3. The summed E-state index contributed by atoms with van der Waals surface area (Å²) < 4.78 is 0. The largest absolute Gasteiger partial charge is 0.396 e. The number of halogens is 1. The van der Waals surface area contributed by atoms with Gasteiger partial charge in [-0.05, 0) is 12.8 Å². The first-order valence-electron chi connectivity index (χ1n) is 4.09. The highest BCUT2D eigenvalue weighted by atomic mass is 35.5. The lowest BCUT2D eigenvalue weighted by Gasteiger charge is -2.21. The molecule has 0 fully saturated rings. The van der Waals surface area contributed by atoms with Crippen LogP contribution >= 0.6 is 12.4 Å². The minimum absolute atomic E-state index is 0. The Bertz CT molecular complexity index is 197. The second-order valence-corrected chi connectivity index (χ2v) is 2.89. The van der Waals surface area contributed by atoms with Gasteiger partial charge in [0.05, 0.1) is 0 Å². The molecule has 76 valence electrons. The number of aliphatic hydroxyl groups excluding tert-OH is 1. The van der Waals surface area contributed by atoms with Crippen molar-refractivity contribution in [3.8, 4) is 0 Å². The topological polar surface area (TPSA) is 75.3 Å². The summed E-state index contributed by atoms with van der Waals surface area (Å²) in [6.45, 7) is 0.159. The molecule has 1 rings (SSSR count). The van der Waals surface area contributed by atoms with Crippen molar-refractivity contribution >= 4 is 18.3 Å². The minimum Gasteiger partial charge on any atom is -0.396 e. The number of nitrogens with one attached hydrogen (secondary N) is 1. The third-order valence-electron chi connectivity index (χ3n) is 1.85. The van der Waals surface area contributed by atoms with Gasteiger partial charge in [-0.1, -0.05) is 12.2 Å². The summed E-state index contributed by atoms with van der Waals surface area (Å²) in [4.78, 5) is 11.0. The second kappa shape index (κ2) is 5.96. The third-order valence-corrected chi connectivity index (χ3v) is 1.85. The number of nitrogens with two attached hydrogens (primary N) is 1. The highest BCUT2D eigenvalue weighted by molar-refractivity contribution is 5.85. The molecule has 0 aromatic heterocycles. The molecule has 1 heterocycles. The monoisotopic (exact) mass is 206 g/mol. The maximum atomic E-state index is 11.0. The van der Waals surface area contributed by atoms with Crippen LogP contribution in [0.1, 0.15) is 12.8 Å². The van der Waals surface area contributed by atoms with E-state index in [0.717, 1.165) is 6.42 Å². The molecule has 2 atom stereocenters. The maximum Gasteiger partial charge on any atom is 0.241 e. The van der Waals surface area contributed by atoms with Gasteiger partial charge in [-0.3, -0.25) is 4.79 Å². The van der Waals surface area contributed by atoms with Crippen LogP contribution in [0.3, 0.4) is 0 Å². The van der Waals surface area contributed by atoms with Crippen LogP contribution in [0.25, 0.3) is 0 Å². The Morgan fingerprint density at radius 2 is 2.23 bits per heavy atom.